The minimum absolute atomic E-state index is 0.0306. The first-order chi connectivity index (χ1) is 16.8. The molecular formula is C26H28FN3O5. The Kier molecular flexibility index (Phi) is 7.18. The highest BCUT2D eigenvalue weighted by atomic mass is 19.1. The zero-order chi connectivity index (χ0) is 25.2. The van der Waals surface area contributed by atoms with Crippen LogP contribution in [0.5, 0.6) is 0 Å². The van der Waals surface area contributed by atoms with Gasteiger partial charge in [-0.3, -0.25) is 19.2 Å². The SMILES string of the molecule is Cc1c(F)cccc1C1[C@@H](C(=O)C2C=CCC(=O)N2)CNC[C@@]1(CCO)C(=O)C1=NC(=O)CC=C1. The number of nitrogens with zero attached hydrogens (tertiary/aromatic N) is 1. The fourth-order valence-corrected chi connectivity index (χ4v) is 5.44. The average molecular weight is 482 g/mol. The van der Waals surface area contributed by atoms with Gasteiger partial charge in [0.1, 0.15) is 17.6 Å². The maximum atomic E-state index is 14.7. The molecule has 0 spiro atoms. The van der Waals surface area contributed by atoms with Crippen LogP contribution in [0, 0.1) is 24.1 Å². The topological polar surface area (TPSA) is 125 Å². The first kappa shape index (κ1) is 24.8. The number of carbonyl (C=O) groups excluding carboxylic acids is 4. The van der Waals surface area contributed by atoms with Crippen molar-refractivity contribution >= 4 is 29.1 Å². The van der Waals surface area contributed by atoms with Gasteiger partial charge in [-0.15, -0.1) is 0 Å². The van der Waals surface area contributed by atoms with E-state index in [0.717, 1.165) is 0 Å². The number of rotatable bonds is 7. The number of halogens is 1. The second-order valence-corrected chi connectivity index (χ2v) is 9.21. The normalized spacial score (nSPS) is 28.4. The lowest BCUT2D eigenvalue weighted by atomic mass is 9.57. The molecule has 3 aliphatic rings. The largest absolute Gasteiger partial charge is 0.396 e. The lowest BCUT2D eigenvalue weighted by molar-refractivity contribution is -0.134. The van der Waals surface area contributed by atoms with Crippen LogP contribution in [0.1, 0.15) is 36.3 Å². The Labute approximate surface area is 202 Å². The minimum atomic E-state index is -1.38. The third-order valence-electron chi connectivity index (χ3n) is 7.12. The van der Waals surface area contributed by atoms with Crippen molar-refractivity contribution in [3.63, 3.8) is 0 Å². The van der Waals surface area contributed by atoms with E-state index in [1.807, 2.05) is 0 Å². The molecule has 0 aliphatic carbocycles. The molecule has 1 aromatic rings. The molecule has 3 heterocycles. The lowest BCUT2D eigenvalue weighted by Gasteiger charge is -2.48. The molecule has 8 nitrogen and oxygen atoms in total. The Balaban J connectivity index is 1.88. The van der Waals surface area contributed by atoms with Crippen LogP contribution in [0.4, 0.5) is 4.39 Å². The van der Waals surface area contributed by atoms with Crippen molar-refractivity contribution in [1.29, 1.82) is 0 Å². The van der Waals surface area contributed by atoms with Gasteiger partial charge in [0, 0.05) is 44.4 Å². The molecule has 2 amide bonds. The van der Waals surface area contributed by atoms with Crippen LogP contribution < -0.4 is 10.6 Å². The van der Waals surface area contributed by atoms with Crippen LogP contribution >= 0.6 is 0 Å². The number of hydrogen-bond donors (Lipinski definition) is 3. The smallest absolute Gasteiger partial charge is 0.250 e. The molecule has 3 aliphatic heterocycles. The van der Waals surface area contributed by atoms with E-state index in [0.29, 0.717) is 11.1 Å². The summed E-state index contributed by atoms with van der Waals surface area (Å²) in [5, 5.41) is 15.9. The maximum Gasteiger partial charge on any atom is 0.250 e. The van der Waals surface area contributed by atoms with Crippen molar-refractivity contribution in [2.24, 2.45) is 16.3 Å². The van der Waals surface area contributed by atoms with Crippen molar-refractivity contribution in [1.82, 2.24) is 10.6 Å². The maximum absolute atomic E-state index is 14.7. The van der Waals surface area contributed by atoms with Crippen molar-refractivity contribution in [3.8, 4) is 0 Å². The molecule has 1 aromatic carbocycles. The van der Waals surface area contributed by atoms with E-state index in [9.17, 15) is 28.7 Å². The van der Waals surface area contributed by atoms with Gasteiger partial charge in [0.2, 0.25) is 11.8 Å². The third-order valence-corrected chi connectivity index (χ3v) is 7.12. The minimum Gasteiger partial charge on any atom is -0.396 e. The van der Waals surface area contributed by atoms with Crippen LogP contribution in [0.2, 0.25) is 0 Å². The van der Waals surface area contributed by atoms with Crippen molar-refractivity contribution < 1.29 is 28.7 Å². The van der Waals surface area contributed by atoms with Crippen LogP contribution in [0.15, 0.2) is 47.5 Å². The van der Waals surface area contributed by atoms with Crippen LogP contribution in [0.3, 0.4) is 0 Å². The Bertz CT molecular complexity index is 1150. The molecule has 0 aromatic heterocycles. The Morgan fingerprint density at radius 1 is 1.23 bits per heavy atom. The Morgan fingerprint density at radius 2 is 2.03 bits per heavy atom. The molecule has 4 rings (SSSR count). The molecule has 3 N–H and O–H groups in total. The van der Waals surface area contributed by atoms with Crippen molar-refractivity contribution in [2.45, 2.75) is 38.1 Å². The Morgan fingerprint density at radius 3 is 2.74 bits per heavy atom. The molecule has 184 valence electrons. The summed E-state index contributed by atoms with van der Waals surface area (Å²) < 4.78 is 14.7. The van der Waals surface area contributed by atoms with E-state index in [4.69, 9.17) is 0 Å². The summed E-state index contributed by atoms with van der Waals surface area (Å²) in [5.41, 5.74) is -0.651. The standard InChI is InChI=1S/C26H28FN3O5/c1-15-16(5-2-6-18(15)27)23-17(24(34)19-7-3-9-21(32)29-19)13-28-14-26(23,11-12-31)25(35)20-8-4-10-22(33)30-20/h2-8,17,19,23,28,31H,9-14H2,1H3,(H,29,32)/t17-,19?,23?,26+/m0/s1. The lowest BCUT2D eigenvalue weighted by Crippen LogP contribution is -2.60. The summed E-state index contributed by atoms with van der Waals surface area (Å²) in [4.78, 5) is 55.6. The second kappa shape index (κ2) is 10.1. The Hall–Kier alpha value is -3.30. The van der Waals surface area contributed by atoms with Crippen LogP contribution in [-0.2, 0) is 19.2 Å². The van der Waals surface area contributed by atoms with Gasteiger partial charge in [0.05, 0.1) is 5.41 Å². The number of aliphatic hydroxyl groups excluding tert-OH is 1. The molecule has 4 atom stereocenters. The number of benzene rings is 1. The number of dihydropyridines is 1. The van der Waals surface area contributed by atoms with Gasteiger partial charge in [-0.1, -0.05) is 30.4 Å². The van der Waals surface area contributed by atoms with Crippen molar-refractivity contribution in [2.75, 3.05) is 19.7 Å². The quantitative estimate of drug-likeness (QED) is 0.505. The van der Waals surface area contributed by atoms with E-state index >= 15 is 0 Å². The number of nitrogens with one attached hydrogen (secondary N) is 2. The molecule has 0 radical (unpaired) electrons. The number of amides is 2. The van der Waals surface area contributed by atoms with Gasteiger partial charge in [-0.05, 0) is 36.6 Å². The third kappa shape index (κ3) is 4.66. The highest BCUT2D eigenvalue weighted by molar-refractivity contribution is 6.48. The number of Topliss-reactive ketones (excluding diaryl/α,β-unsaturated/α-hetero) is 2. The van der Waals surface area contributed by atoms with Gasteiger partial charge in [0.15, 0.2) is 11.6 Å². The summed E-state index contributed by atoms with van der Waals surface area (Å²) in [6, 6.07) is 3.64. The predicted molar refractivity (Wildman–Crippen MR) is 126 cm³/mol. The van der Waals surface area contributed by atoms with E-state index in [-0.39, 0.29) is 56.4 Å². The molecule has 0 saturated carbocycles. The van der Waals surface area contributed by atoms with Gasteiger partial charge in [-0.25, -0.2) is 9.38 Å². The summed E-state index contributed by atoms with van der Waals surface area (Å²) in [6.07, 6.45) is 6.51. The van der Waals surface area contributed by atoms with Gasteiger partial charge in [-0.2, -0.15) is 0 Å². The van der Waals surface area contributed by atoms with Crippen LogP contribution in [0.25, 0.3) is 0 Å². The number of carbonyl (C=O) groups is 4. The zero-order valence-electron chi connectivity index (χ0n) is 19.4. The monoisotopic (exact) mass is 481 g/mol. The van der Waals surface area contributed by atoms with Crippen molar-refractivity contribution in [3.05, 3.63) is 59.4 Å². The first-order valence-electron chi connectivity index (χ1n) is 11.7. The number of allylic oxidation sites excluding steroid dienone is 1. The first-order valence-corrected chi connectivity index (χ1v) is 11.7. The number of aliphatic imine (C=N–C) groups is 1. The van der Waals surface area contributed by atoms with Gasteiger partial charge < -0.3 is 15.7 Å². The second-order valence-electron chi connectivity index (χ2n) is 9.21. The van der Waals surface area contributed by atoms with E-state index in [1.165, 1.54) is 18.2 Å². The molecule has 35 heavy (non-hydrogen) atoms. The summed E-state index contributed by atoms with van der Waals surface area (Å²) >= 11 is 0. The summed E-state index contributed by atoms with van der Waals surface area (Å²) in [6.45, 7) is 1.52. The zero-order valence-corrected chi connectivity index (χ0v) is 19.4. The van der Waals surface area contributed by atoms with Crippen LogP contribution in [-0.4, -0.2) is 59.9 Å². The molecule has 9 heteroatoms. The number of hydrogen-bond acceptors (Lipinski definition) is 6. The van der Waals surface area contributed by atoms with Gasteiger partial charge in [0.25, 0.3) is 0 Å². The number of piperidine rings is 1. The van der Waals surface area contributed by atoms with E-state index < -0.39 is 40.8 Å². The number of ketones is 2. The highest BCUT2D eigenvalue weighted by Gasteiger charge is 2.55. The highest BCUT2D eigenvalue weighted by Crippen LogP contribution is 2.49. The predicted octanol–water partition coefficient (Wildman–Crippen LogP) is 1.32. The molecular weight excluding hydrogens is 453 g/mol. The summed E-state index contributed by atoms with van der Waals surface area (Å²) in [5.74, 6) is -3.68. The average Bonchev–Trinajstić information content (AvgIpc) is 2.85. The number of aliphatic hydroxyl groups is 1. The fraction of sp³-hybridized carbons (Fsp3) is 0.423. The summed E-state index contributed by atoms with van der Waals surface area (Å²) in [7, 11) is 0. The molecule has 2 unspecified atom stereocenters. The molecule has 0 bridgehead atoms. The molecule has 1 saturated heterocycles. The van der Waals surface area contributed by atoms with E-state index in [2.05, 4.69) is 15.6 Å². The van der Waals surface area contributed by atoms with E-state index in [1.54, 1.807) is 31.2 Å². The van der Waals surface area contributed by atoms with Gasteiger partial charge >= 0.3 is 0 Å². The molecule has 1 fully saturated rings. The fourth-order valence-electron chi connectivity index (χ4n) is 5.44.